The van der Waals surface area contributed by atoms with Gasteiger partial charge in [0.25, 0.3) is 0 Å². The van der Waals surface area contributed by atoms with Crippen LogP contribution < -0.4 is 0 Å². The fourth-order valence-corrected chi connectivity index (χ4v) is 2.71. The Morgan fingerprint density at radius 2 is 1.83 bits per heavy atom. The van der Waals surface area contributed by atoms with E-state index < -0.39 is 0 Å². The summed E-state index contributed by atoms with van der Waals surface area (Å²) in [5.41, 5.74) is 1.17. The van der Waals surface area contributed by atoms with Gasteiger partial charge in [0, 0.05) is 5.56 Å². The van der Waals surface area contributed by atoms with Gasteiger partial charge in [-0.15, -0.1) is 0 Å². The third kappa shape index (κ3) is 1.57. The summed E-state index contributed by atoms with van der Waals surface area (Å²) in [5.74, 6) is 0. The third-order valence-electron chi connectivity index (χ3n) is 1.46. The first-order valence-corrected chi connectivity index (χ1v) is 5.69. The third-order valence-corrected chi connectivity index (χ3v) is 3.62. The van der Waals surface area contributed by atoms with Crippen molar-refractivity contribution in [3.05, 3.63) is 47.5 Å². The molecule has 1 aliphatic rings. The number of hydrogen-bond donors (Lipinski definition) is 0. The molecule has 0 aromatic heterocycles. The molecule has 0 saturated carbocycles. The number of hydrogen-bond acceptors (Lipinski definition) is 3. The molecule has 2 rings (SSSR count). The molecule has 1 nitrogen and oxygen atoms in total. The van der Waals surface area contributed by atoms with Crippen molar-refractivity contribution in [1.29, 1.82) is 0 Å². The van der Waals surface area contributed by atoms with Crippen molar-refractivity contribution in [2.24, 2.45) is 4.99 Å². The van der Waals surface area contributed by atoms with Gasteiger partial charge in [0.2, 0.25) is 0 Å². The smallest absolute Gasteiger partial charge is 0.115 e. The summed E-state index contributed by atoms with van der Waals surface area (Å²) in [6.45, 7) is 3.78. The van der Waals surface area contributed by atoms with Crippen molar-refractivity contribution in [2.45, 2.75) is 0 Å². The van der Waals surface area contributed by atoms with E-state index >= 15 is 0 Å². The second kappa shape index (κ2) is 3.37. The highest BCUT2D eigenvalue weighted by Gasteiger charge is 2.12. The highest BCUT2D eigenvalue weighted by molar-refractivity contribution is 8.84. The summed E-state index contributed by atoms with van der Waals surface area (Å²) in [6, 6.07) is 10.2. The molecular weight excluding hydrogens is 186 g/mol. The molecule has 0 atom stereocenters. The van der Waals surface area contributed by atoms with E-state index in [1.807, 2.05) is 18.2 Å². The van der Waals surface area contributed by atoms with Crippen molar-refractivity contribution in [3.63, 3.8) is 0 Å². The molecule has 0 bridgehead atoms. The summed E-state index contributed by atoms with van der Waals surface area (Å²) in [6.07, 6.45) is 0. The minimum Gasteiger partial charge on any atom is -0.233 e. The van der Waals surface area contributed by atoms with Gasteiger partial charge in [-0.2, -0.15) is 0 Å². The van der Waals surface area contributed by atoms with Crippen LogP contribution >= 0.6 is 21.6 Å². The van der Waals surface area contributed by atoms with Gasteiger partial charge in [-0.3, -0.25) is 0 Å². The first kappa shape index (κ1) is 7.95. The minimum atomic E-state index is 0.888. The van der Waals surface area contributed by atoms with Gasteiger partial charge in [-0.05, 0) is 21.6 Å². The monoisotopic (exact) mass is 193 g/mol. The maximum Gasteiger partial charge on any atom is 0.115 e. The van der Waals surface area contributed by atoms with E-state index in [9.17, 15) is 0 Å². The second-order valence-electron chi connectivity index (χ2n) is 2.34. The maximum atomic E-state index is 4.31. The SMILES string of the molecule is C=C1N=C(c2ccccc2)SS1. The van der Waals surface area contributed by atoms with Gasteiger partial charge in [0.1, 0.15) is 10.1 Å². The lowest BCUT2D eigenvalue weighted by molar-refractivity contribution is 1.55. The molecule has 0 saturated heterocycles. The summed E-state index contributed by atoms with van der Waals surface area (Å²) in [7, 11) is 3.29. The molecular formula is C9H7NS2. The van der Waals surface area contributed by atoms with E-state index in [0.29, 0.717) is 0 Å². The largest absolute Gasteiger partial charge is 0.233 e. The van der Waals surface area contributed by atoms with Gasteiger partial charge < -0.3 is 0 Å². The van der Waals surface area contributed by atoms with Gasteiger partial charge in [-0.25, -0.2) is 4.99 Å². The number of rotatable bonds is 1. The number of nitrogens with zero attached hydrogens (tertiary/aromatic N) is 1. The Morgan fingerprint density at radius 3 is 2.42 bits per heavy atom. The van der Waals surface area contributed by atoms with Crippen LogP contribution in [0.5, 0.6) is 0 Å². The average Bonchev–Trinajstić information content (AvgIpc) is 2.54. The van der Waals surface area contributed by atoms with Crippen LogP contribution in [0.2, 0.25) is 0 Å². The highest BCUT2D eigenvalue weighted by atomic mass is 33.1. The molecule has 0 aliphatic carbocycles. The second-order valence-corrected chi connectivity index (χ2v) is 4.53. The van der Waals surface area contributed by atoms with E-state index in [1.165, 1.54) is 5.56 Å². The molecule has 0 amide bonds. The maximum absolute atomic E-state index is 4.31. The molecule has 0 spiro atoms. The molecule has 3 heteroatoms. The van der Waals surface area contributed by atoms with Crippen LogP contribution in [-0.2, 0) is 0 Å². The first-order valence-electron chi connectivity index (χ1n) is 3.54. The highest BCUT2D eigenvalue weighted by Crippen LogP contribution is 2.40. The zero-order valence-corrected chi connectivity index (χ0v) is 7.99. The van der Waals surface area contributed by atoms with Crippen LogP contribution in [0.1, 0.15) is 5.56 Å². The summed E-state index contributed by atoms with van der Waals surface area (Å²) in [5, 5.41) is 1.95. The van der Waals surface area contributed by atoms with Crippen molar-refractivity contribution in [3.8, 4) is 0 Å². The minimum absolute atomic E-state index is 0.888. The molecule has 1 aliphatic heterocycles. The van der Waals surface area contributed by atoms with Crippen LogP contribution in [0.15, 0.2) is 46.9 Å². The van der Waals surface area contributed by atoms with Crippen LogP contribution in [-0.4, -0.2) is 5.04 Å². The molecule has 0 unspecified atom stereocenters. The predicted octanol–water partition coefficient (Wildman–Crippen LogP) is 3.30. The van der Waals surface area contributed by atoms with Gasteiger partial charge in [0.05, 0.1) is 0 Å². The van der Waals surface area contributed by atoms with E-state index in [1.54, 1.807) is 21.6 Å². The molecule has 0 N–H and O–H groups in total. The van der Waals surface area contributed by atoms with E-state index in [-0.39, 0.29) is 0 Å². The Bertz CT molecular complexity index is 330. The Kier molecular flexibility index (Phi) is 2.23. The number of benzene rings is 1. The molecule has 0 fully saturated rings. The van der Waals surface area contributed by atoms with Crippen molar-refractivity contribution in [1.82, 2.24) is 0 Å². The fraction of sp³-hybridized carbons (Fsp3) is 0. The Morgan fingerprint density at radius 1 is 1.08 bits per heavy atom. The summed E-state index contributed by atoms with van der Waals surface area (Å²) in [4.78, 5) is 4.31. The molecule has 0 radical (unpaired) electrons. The van der Waals surface area contributed by atoms with E-state index in [4.69, 9.17) is 0 Å². The van der Waals surface area contributed by atoms with Gasteiger partial charge in [0.15, 0.2) is 0 Å². The van der Waals surface area contributed by atoms with Crippen molar-refractivity contribution >= 4 is 26.6 Å². The molecule has 1 heterocycles. The lowest BCUT2D eigenvalue weighted by Crippen LogP contribution is -1.88. The average molecular weight is 193 g/mol. The van der Waals surface area contributed by atoms with Gasteiger partial charge in [-0.1, -0.05) is 36.9 Å². The summed E-state index contributed by atoms with van der Waals surface area (Å²) < 4.78 is 0. The Balaban J connectivity index is 2.33. The molecule has 60 valence electrons. The zero-order valence-electron chi connectivity index (χ0n) is 6.36. The lowest BCUT2D eigenvalue weighted by Gasteiger charge is -1.95. The van der Waals surface area contributed by atoms with Crippen LogP contribution in [0, 0.1) is 0 Å². The fourth-order valence-electron chi connectivity index (χ4n) is 0.931. The normalized spacial score (nSPS) is 16.3. The van der Waals surface area contributed by atoms with Gasteiger partial charge >= 0.3 is 0 Å². The standard InChI is InChI=1S/C9H7NS2/c1-7-10-9(12-11-7)8-5-3-2-4-6-8/h2-6H,1H2. The zero-order chi connectivity index (χ0) is 8.39. The molecule has 1 aromatic carbocycles. The van der Waals surface area contributed by atoms with Crippen LogP contribution in [0.25, 0.3) is 0 Å². The topological polar surface area (TPSA) is 12.4 Å². The molecule has 1 aromatic rings. The Labute approximate surface area is 79.4 Å². The summed E-state index contributed by atoms with van der Waals surface area (Å²) >= 11 is 0. The lowest BCUT2D eigenvalue weighted by atomic mass is 10.2. The number of aliphatic imine (C=N–C) groups is 1. The van der Waals surface area contributed by atoms with Crippen LogP contribution in [0.4, 0.5) is 0 Å². The first-order chi connectivity index (χ1) is 5.86. The Hall–Kier alpha value is -0.670. The van der Waals surface area contributed by atoms with E-state index in [2.05, 4.69) is 23.7 Å². The van der Waals surface area contributed by atoms with Crippen LogP contribution in [0.3, 0.4) is 0 Å². The van der Waals surface area contributed by atoms with Crippen molar-refractivity contribution in [2.75, 3.05) is 0 Å². The van der Waals surface area contributed by atoms with E-state index in [0.717, 1.165) is 10.1 Å². The quantitative estimate of drug-likeness (QED) is 0.634. The van der Waals surface area contributed by atoms with Crippen molar-refractivity contribution < 1.29 is 0 Å². The molecule has 12 heavy (non-hydrogen) atoms. The predicted molar refractivity (Wildman–Crippen MR) is 57.3 cm³/mol.